The lowest BCUT2D eigenvalue weighted by Gasteiger charge is -2.13. The molecule has 0 unspecified atom stereocenters. The van der Waals surface area contributed by atoms with E-state index in [1.165, 1.54) is 13.3 Å². The molecule has 4 rings (SSSR count). The van der Waals surface area contributed by atoms with Crippen molar-refractivity contribution < 1.29 is 19.1 Å². The Morgan fingerprint density at radius 1 is 1.28 bits per heavy atom. The molecule has 3 aromatic rings. The number of methoxy groups -OCH3 is 1. The number of ether oxygens (including phenoxy) is 2. The number of nitrogens with one attached hydrogen (secondary N) is 1. The van der Waals surface area contributed by atoms with Crippen molar-refractivity contribution in [3.8, 4) is 17.0 Å². The fraction of sp³-hybridized carbons (Fsp3) is 0.227. The van der Waals surface area contributed by atoms with Gasteiger partial charge in [-0.2, -0.15) is 11.3 Å². The predicted molar refractivity (Wildman–Crippen MR) is 110 cm³/mol. The summed E-state index contributed by atoms with van der Waals surface area (Å²) in [5.41, 5.74) is 4.09. The van der Waals surface area contributed by atoms with Crippen LogP contribution in [0, 0.1) is 0 Å². The van der Waals surface area contributed by atoms with Gasteiger partial charge in [-0.25, -0.2) is 4.79 Å². The number of esters is 1. The van der Waals surface area contributed by atoms with E-state index in [-0.39, 0.29) is 12.0 Å². The average Bonchev–Trinajstić information content (AvgIpc) is 3.41. The third-order valence-corrected chi connectivity index (χ3v) is 5.49. The Morgan fingerprint density at radius 3 is 2.90 bits per heavy atom. The minimum atomic E-state index is -0.420. The number of pyridine rings is 1. The molecule has 7 heteroatoms. The van der Waals surface area contributed by atoms with Crippen LogP contribution >= 0.6 is 11.3 Å². The molecule has 0 saturated heterocycles. The van der Waals surface area contributed by atoms with Gasteiger partial charge in [0.2, 0.25) is 5.91 Å². The summed E-state index contributed by atoms with van der Waals surface area (Å²) in [5.74, 6) is 0.350. The van der Waals surface area contributed by atoms with Crippen LogP contribution in [0.3, 0.4) is 0 Å². The first-order valence-corrected chi connectivity index (χ1v) is 10.2. The van der Waals surface area contributed by atoms with E-state index in [0.29, 0.717) is 18.5 Å². The van der Waals surface area contributed by atoms with Crippen molar-refractivity contribution >= 4 is 23.2 Å². The molecule has 0 bridgehead atoms. The van der Waals surface area contributed by atoms with Gasteiger partial charge in [0.05, 0.1) is 31.3 Å². The Bertz CT molecular complexity index is 1020. The smallest absolute Gasteiger partial charge is 0.339 e. The predicted octanol–water partition coefficient (Wildman–Crippen LogP) is 3.26. The molecule has 1 atom stereocenters. The Balaban J connectivity index is 1.42. The minimum Gasteiger partial charge on any atom is -0.487 e. The molecule has 0 radical (unpaired) electrons. The SMILES string of the molecule is COC(=O)c1ccc(-c2cccc3c2O[C@H](CNC(=O)Cc2ccsc2)C3)nc1. The Kier molecular flexibility index (Phi) is 5.57. The minimum absolute atomic E-state index is 0.0109. The van der Waals surface area contributed by atoms with E-state index in [1.54, 1.807) is 23.5 Å². The Labute approximate surface area is 172 Å². The first-order valence-electron chi connectivity index (χ1n) is 9.25. The molecule has 0 spiro atoms. The normalized spacial score (nSPS) is 14.7. The van der Waals surface area contributed by atoms with E-state index < -0.39 is 5.97 Å². The standard InChI is InChI=1S/C22H20N2O4S/c1-27-22(26)16-5-6-19(23-11-16)18-4-2-3-15-10-17(28-21(15)18)12-24-20(25)9-14-7-8-29-13-14/h2-8,11,13,17H,9-10,12H2,1H3,(H,24,25)/t17-/m0/s1. The van der Waals surface area contributed by atoms with Crippen molar-refractivity contribution in [3.05, 3.63) is 70.0 Å². The molecule has 1 aliphatic rings. The highest BCUT2D eigenvalue weighted by atomic mass is 32.1. The molecular weight excluding hydrogens is 388 g/mol. The maximum Gasteiger partial charge on any atom is 0.339 e. The van der Waals surface area contributed by atoms with Crippen molar-refractivity contribution in [2.24, 2.45) is 0 Å². The highest BCUT2D eigenvalue weighted by Gasteiger charge is 2.26. The fourth-order valence-electron chi connectivity index (χ4n) is 3.31. The van der Waals surface area contributed by atoms with Gasteiger partial charge in [-0.15, -0.1) is 0 Å². The molecule has 1 aliphatic heterocycles. The van der Waals surface area contributed by atoms with Crippen LogP contribution in [-0.2, 0) is 22.4 Å². The zero-order valence-corrected chi connectivity index (χ0v) is 16.7. The van der Waals surface area contributed by atoms with Gasteiger partial charge in [0.25, 0.3) is 0 Å². The summed E-state index contributed by atoms with van der Waals surface area (Å²) in [6.45, 7) is 0.450. The Morgan fingerprint density at radius 2 is 2.17 bits per heavy atom. The lowest BCUT2D eigenvalue weighted by atomic mass is 10.0. The largest absolute Gasteiger partial charge is 0.487 e. The number of carbonyl (C=O) groups is 2. The van der Waals surface area contributed by atoms with Gasteiger partial charge in [0.1, 0.15) is 11.9 Å². The van der Waals surface area contributed by atoms with Crippen LogP contribution in [0.2, 0.25) is 0 Å². The highest BCUT2D eigenvalue weighted by molar-refractivity contribution is 7.08. The van der Waals surface area contributed by atoms with E-state index in [1.807, 2.05) is 35.0 Å². The molecule has 0 fully saturated rings. The molecule has 3 heterocycles. The molecule has 29 heavy (non-hydrogen) atoms. The highest BCUT2D eigenvalue weighted by Crippen LogP contribution is 2.37. The molecule has 0 aliphatic carbocycles. The number of amides is 1. The van der Waals surface area contributed by atoms with Gasteiger partial charge >= 0.3 is 5.97 Å². The quantitative estimate of drug-likeness (QED) is 0.634. The van der Waals surface area contributed by atoms with E-state index in [2.05, 4.69) is 10.3 Å². The molecular formula is C22H20N2O4S. The van der Waals surface area contributed by atoms with Gasteiger partial charge in [0.15, 0.2) is 0 Å². The average molecular weight is 408 g/mol. The van der Waals surface area contributed by atoms with E-state index in [9.17, 15) is 9.59 Å². The van der Waals surface area contributed by atoms with Gasteiger partial charge in [-0.3, -0.25) is 9.78 Å². The molecule has 6 nitrogen and oxygen atoms in total. The number of fused-ring (bicyclic) bond motifs is 1. The Hall–Kier alpha value is -3.19. The summed E-state index contributed by atoms with van der Waals surface area (Å²) < 4.78 is 10.8. The van der Waals surface area contributed by atoms with Gasteiger partial charge in [-0.1, -0.05) is 12.1 Å². The summed E-state index contributed by atoms with van der Waals surface area (Å²) in [7, 11) is 1.34. The third-order valence-electron chi connectivity index (χ3n) is 4.76. The van der Waals surface area contributed by atoms with Crippen molar-refractivity contribution in [1.29, 1.82) is 0 Å². The van der Waals surface area contributed by atoms with Crippen molar-refractivity contribution in [2.75, 3.05) is 13.7 Å². The summed E-state index contributed by atoms with van der Waals surface area (Å²) in [6, 6.07) is 11.3. The van der Waals surface area contributed by atoms with Crippen molar-refractivity contribution in [2.45, 2.75) is 18.9 Å². The van der Waals surface area contributed by atoms with E-state index in [0.717, 1.165) is 34.6 Å². The summed E-state index contributed by atoms with van der Waals surface area (Å²) in [6.07, 6.45) is 2.48. The number of thiophene rings is 1. The number of benzene rings is 1. The number of hydrogen-bond donors (Lipinski definition) is 1. The van der Waals surface area contributed by atoms with Crippen LogP contribution in [0.25, 0.3) is 11.3 Å². The van der Waals surface area contributed by atoms with E-state index >= 15 is 0 Å². The molecule has 2 aromatic heterocycles. The second kappa shape index (κ2) is 8.45. The van der Waals surface area contributed by atoms with Crippen molar-refractivity contribution in [3.63, 3.8) is 0 Å². The zero-order chi connectivity index (χ0) is 20.2. The van der Waals surface area contributed by atoms with Gasteiger partial charge in [-0.05, 0) is 46.2 Å². The number of aromatic nitrogens is 1. The van der Waals surface area contributed by atoms with Crippen LogP contribution in [0.1, 0.15) is 21.5 Å². The first-order chi connectivity index (χ1) is 14.1. The molecule has 0 saturated carbocycles. The molecule has 1 amide bonds. The van der Waals surface area contributed by atoms with Crippen LogP contribution in [-0.4, -0.2) is 36.6 Å². The van der Waals surface area contributed by atoms with Crippen LogP contribution in [0.4, 0.5) is 0 Å². The fourth-order valence-corrected chi connectivity index (χ4v) is 3.98. The number of hydrogen-bond acceptors (Lipinski definition) is 6. The summed E-state index contributed by atoms with van der Waals surface area (Å²) >= 11 is 1.58. The number of rotatable bonds is 6. The van der Waals surface area contributed by atoms with Crippen LogP contribution in [0.15, 0.2) is 53.4 Å². The lowest BCUT2D eigenvalue weighted by Crippen LogP contribution is -2.35. The maximum atomic E-state index is 12.1. The number of para-hydroxylation sites is 1. The summed E-state index contributed by atoms with van der Waals surface area (Å²) in [4.78, 5) is 28.1. The number of carbonyl (C=O) groups excluding carboxylic acids is 2. The monoisotopic (exact) mass is 408 g/mol. The van der Waals surface area contributed by atoms with Gasteiger partial charge in [0, 0.05) is 18.2 Å². The maximum absolute atomic E-state index is 12.1. The van der Waals surface area contributed by atoms with Crippen molar-refractivity contribution in [1.82, 2.24) is 10.3 Å². The second-order valence-electron chi connectivity index (χ2n) is 6.77. The second-order valence-corrected chi connectivity index (χ2v) is 7.55. The van der Waals surface area contributed by atoms with Crippen LogP contribution in [0.5, 0.6) is 5.75 Å². The first kappa shape index (κ1) is 19.1. The van der Waals surface area contributed by atoms with Gasteiger partial charge < -0.3 is 14.8 Å². The topological polar surface area (TPSA) is 77.5 Å². The van der Waals surface area contributed by atoms with E-state index in [4.69, 9.17) is 9.47 Å². The molecule has 1 N–H and O–H groups in total. The molecule has 148 valence electrons. The summed E-state index contributed by atoms with van der Waals surface area (Å²) in [5, 5.41) is 6.90. The third kappa shape index (κ3) is 4.30. The van der Waals surface area contributed by atoms with Crippen LogP contribution < -0.4 is 10.1 Å². The number of nitrogens with zero attached hydrogens (tertiary/aromatic N) is 1. The zero-order valence-electron chi connectivity index (χ0n) is 15.9. The lowest BCUT2D eigenvalue weighted by molar-refractivity contribution is -0.120. The molecule has 1 aromatic carbocycles.